The fourth-order valence-corrected chi connectivity index (χ4v) is 2.20. The van der Waals surface area contributed by atoms with Gasteiger partial charge in [-0.3, -0.25) is 9.52 Å². The average Bonchev–Trinajstić information content (AvgIpc) is 2.43. The first-order valence-corrected chi connectivity index (χ1v) is 8.23. The fraction of sp³-hybridized carbons (Fsp3) is 0.462. The van der Waals surface area contributed by atoms with Crippen molar-refractivity contribution in [3.63, 3.8) is 0 Å². The fourth-order valence-electron chi connectivity index (χ4n) is 1.55. The zero-order valence-electron chi connectivity index (χ0n) is 12.2. The van der Waals surface area contributed by atoms with E-state index in [2.05, 4.69) is 15.4 Å². The van der Waals surface area contributed by atoms with Crippen molar-refractivity contribution in [2.24, 2.45) is 0 Å². The van der Waals surface area contributed by atoms with Gasteiger partial charge in [-0.15, -0.1) is 12.4 Å². The van der Waals surface area contributed by atoms with Gasteiger partial charge in [-0.25, -0.2) is 8.42 Å². The number of amides is 1. The molecular weight excluding hydrogens is 314 g/mol. The molecule has 1 aromatic rings. The monoisotopic (exact) mass is 335 g/mol. The Balaban J connectivity index is 0.00000400. The first-order chi connectivity index (χ1) is 9.50. The molecule has 0 spiro atoms. The van der Waals surface area contributed by atoms with Crippen molar-refractivity contribution in [2.75, 3.05) is 30.1 Å². The number of anilines is 1. The molecule has 0 aliphatic rings. The largest absolute Gasteiger partial charge is 0.351 e. The topological polar surface area (TPSA) is 87.3 Å². The number of benzene rings is 1. The van der Waals surface area contributed by atoms with Gasteiger partial charge < -0.3 is 10.6 Å². The highest BCUT2D eigenvalue weighted by molar-refractivity contribution is 7.92. The number of nitrogens with one attached hydrogen (secondary N) is 3. The lowest BCUT2D eigenvalue weighted by molar-refractivity contribution is 0.0955. The Morgan fingerprint density at radius 2 is 1.81 bits per heavy atom. The molecule has 6 nitrogen and oxygen atoms in total. The van der Waals surface area contributed by atoms with E-state index in [1.807, 2.05) is 6.92 Å². The van der Waals surface area contributed by atoms with Crippen molar-refractivity contribution in [1.82, 2.24) is 10.6 Å². The van der Waals surface area contributed by atoms with Gasteiger partial charge in [0.1, 0.15) is 0 Å². The number of carbonyl (C=O) groups is 1. The summed E-state index contributed by atoms with van der Waals surface area (Å²) >= 11 is 0. The van der Waals surface area contributed by atoms with Crippen molar-refractivity contribution in [3.05, 3.63) is 29.8 Å². The normalized spacial score (nSPS) is 10.6. The van der Waals surface area contributed by atoms with Gasteiger partial charge in [-0.2, -0.15) is 0 Å². The molecule has 0 fully saturated rings. The van der Waals surface area contributed by atoms with Crippen molar-refractivity contribution >= 4 is 34.0 Å². The molecule has 0 unspecified atom stereocenters. The van der Waals surface area contributed by atoms with Crippen LogP contribution < -0.4 is 15.4 Å². The predicted octanol–water partition coefficient (Wildman–Crippen LogP) is 1.21. The van der Waals surface area contributed by atoms with Gasteiger partial charge in [-0.05, 0) is 25.6 Å². The quantitative estimate of drug-likeness (QED) is 0.623. The number of carbonyl (C=O) groups excluding carboxylic acids is 1. The second-order valence-electron chi connectivity index (χ2n) is 4.16. The van der Waals surface area contributed by atoms with Crippen molar-refractivity contribution in [3.8, 4) is 0 Å². The third kappa shape index (κ3) is 6.79. The van der Waals surface area contributed by atoms with Crippen LogP contribution in [0.15, 0.2) is 24.3 Å². The van der Waals surface area contributed by atoms with E-state index in [1.165, 1.54) is 0 Å². The standard InChI is InChI=1S/C13H21N3O3S.ClH/c1-3-14-9-10-15-13(17)11-7-5-6-8-12(11)16-20(18,19)4-2;/h5-8,14,16H,3-4,9-10H2,1-2H3,(H,15,17);1H. The van der Waals surface area contributed by atoms with E-state index in [0.717, 1.165) is 6.54 Å². The highest BCUT2D eigenvalue weighted by atomic mass is 35.5. The van der Waals surface area contributed by atoms with E-state index in [9.17, 15) is 13.2 Å². The van der Waals surface area contributed by atoms with E-state index in [4.69, 9.17) is 0 Å². The molecule has 0 aromatic heterocycles. The second kappa shape index (κ2) is 9.59. The molecule has 0 aliphatic carbocycles. The molecule has 0 heterocycles. The van der Waals surface area contributed by atoms with Crippen LogP contribution in [0, 0.1) is 0 Å². The van der Waals surface area contributed by atoms with E-state index in [1.54, 1.807) is 31.2 Å². The molecule has 8 heteroatoms. The summed E-state index contributed by atoms with van der Waals surface area (Å²) in [4.78, 5) is 12.0. The molecule has 0 bridgehead atoms. The SMILES string of the molecule is CCNCCNC(=O)c1ccccc1NS(=O)(=O)CC.Cl. The van der Waals surface area contributed by atoms with Crippen molar-refractivity contribution < 1.29 is 13.2 Å². The summed E-state index contributed by atoms with van der Waals surface area (Å²) in [6, 6.07) is 6.55. The van der Waals surface area contributed by atoms with Crippen molar-refractivity contribution in [2.45, 2.75) is 13.8 Å². The average molecular weight is 336 g/mol. The zero-order valence-corrected chi connectivity index (χ0v) is 13.8. The Kier molecular flexibility index (Phi) is 9.00. The highest BCUT2D eigenvalue weighted by Crippen LogP contribution is 2.16. The number of halogens is 1. The minimum Gasteiger partial charge on any atom is -0.351 e. The van der Waals surface area contributed by atoms with Crippen LogP contribution in [0.25, 0.3) is 0 Å². The first-order valence-electron chi connectivity index (χ1n) is 6.58. The van der Waals surface area contributed by atoms with Crippen LogP contribution in [0.4, 0.5) is 5.69 Å². The molecule has 0 aliphatic heterocycles. The lowest BCUT2D eigenvalue weighted by atomic mass is 10.1. The summed E-state index contributed by atoms with van der Waals surface area (Å²) in [5.74, 6) is -0.332. The van der Waals surface area contributed by atoms with Gasteiger partial charge in [0, 0.05) is 13.1 Å². The summed E-state index contributed by atoms with van der Waals surface area (Å²) in [6.07, 6.45) is 0. The van der Waals surface area contributed by atoms with Crippen LogP contribution in [0.3, 0.4) is 0 Å². The Morgan fingerprint density at radius 1 is 1.14 bits per heavy atom. The Hall–Kier alpha value is -1.31. The molecule has 1 amide bonds. The van der Waals surface area contributed by atoms with Crippen LogP contribution in [-0.2, 0) is 10.0 Å². The zero-order chi connectivity index (χ0) is 15.0. The molecule has 3 N–H and O–H groups in total. The van der Waals surface area contributed by atoms with E-state index >= 15 is 0 Å². The molecule has 120 valence electrons. The Labute approximate surface area is 132 Å². The van der Waals surface area contributed by atoms with Gasteiger partial charge in [0.05, 0.1) is 17.0 Å². The number of rotatable bonds is 8. The smallest absolute Gasteiger partial charge is 0.253 e. The maximum absolute atomic E-state index is 12.0. The van der Waals surface area contributed by atoms with Gasteiger partial charge in [-0.1, -0.05) is 19.1 Å². The summed E-state index contributed by atoms with van der Waals surface area (Å²) in [7, 11) is -3.40. The van der Waals surface area contributed by atoms with Crippen LogP contribution in [0.2, 0.25) is 0 Å². The maximum Gasteiger partial charge on any atom is 0.253 e. The number of hydrogen-bond donors (Lipinski definition) is 3. The van der Waals surface area contributed by atoms with Crippen LogP contribution >= 0.6 is 12.4 Å². The summed E-state index contributed by atoms with van der Waals surface area (Å²) in [5.41, 5.74) is 0.622. The number of para-hydroxylation sites is 1. The predicted molar refractivity (Wildman–Crippen MR) is 87.7 cm³/mol. The number of sulfonamides is 1. The maximum atomic E-state index is 12.0. The molecule has 0 radical (unpaired) electrons. The molecule has 0 atom stereocenters. The second-order valence-corrected chi connectivity index (χ2v) is 6.17. The van der Waals surface area contributed by atoms with E-state index < -0.39 is 10.0 Å². The third-order valence-corrected chi connectivity index (χ3v) is 3.95. The van der Waals surface area contributed by atoms with Gasteiger partial charge in [0.2, 0.25) is 10.0 Å². The Morgan fingerprint density at radius 3 is 2.43 bits per heavy atom. The summed E-state index contributed by atoms with van der Waals surface area (Å²) in [6.45, 7) is 5.52. The molecule has 1 aromatic carbocycles. The molecule has 0 saturated carbocycles. The van der Waals surface area contributed by atoms with E-state index in [0.29, 0.717) is 24.3 Å². The molecule has 0 saturated heterocycles. The van der Waals surface area contributed by atoms with Gasteiger partial charge >= 0.3 is 0 Å². The summed E-state index contributed by atoms with van der Waals surface area (Å²) in [5, 5.41) is 5.83. The molecular formula is C13H22ClN3O3S. The van der Waals surface area contributed by atoms with Gasteiger partial charge in [0.25, 0.3) is 5.91 Å². The lowest BCUT2D eigenvalue weighted by Crippen LogP contribution is -2.32. The minimum atomic E-state index is -3.40. The van der Waals surface area contributed by atoms with Crippen LogP contribution in [0.5, 0.6) is 0 Å². The highest BCUT2D eigenvalue weighted by Gasteiger charge is 2.14. The molecule has 1 rings (SSSR count). The Bertz CT molecular complexity index is 549. The summed E-state index contributed by atoms with van der Waals surface area (Å²) < 4.78 is 25.6. The molecule has 21 heavy (non-hydrogen) atoms. The minimum absolute atomic E-state index is 0. The number of likely N-dealkylation sites (N-methyl/N-ethyl adjacent to an activating group) is 1. The third-order valence-electron chi connectivity index (χ3n) is 2.65. The van der Waals surface area contributed by atoms with E-state index in [-0.39, 0.29) is 24.1 Å². The van der Waals surface area contributed by atoms with Crippen LogP contribution in [0.1, 0.15) is 24.2 Å². The van der Waals surface area contributed by atoms with Crippen molar-refractivity contribution in [1.29, 1.82) is 0 Å². The lowest BCUT2D eigenvalue weighted by Gasteiger charge is -2.12. The van der Waals surface area contributed by atoms with Gasteiger partial charge in [0.15, 0.2) is 0 Å². The number of hydrogen-bond acceptors (Lipinski definition) is 4. The van der Waals surface area contributed by atoms with Crippen LogP contribution in [-0.4, -0.2) is 39.7 Å². The first kappa shape index (κ1) is 19.7.